The van der Waals surface area contributed by atoms with Gasteiger partial charge in [-0.25, -0.2) is 0 Å². The SMILES string of the molecule is C=C1CC[C@@H](C[Si](C)(C)C)[C@@]1(C)C(C)=O. The predicted octanol–water partition coefficient (Wildman–Crippen LogP) is 3.89. The molecule has 0 aromatic rings. The Labute approximate surface area is 95.0 Å². The van der Waals surface area contributed by atoms with E-state index in [4.69, 9.17) is 0 Å². The zero-order valence-electron chi connectivity index (χ0n) is 10.8. The Morgan fingerprint density at radius 3 is 2.47 bits per heavy atom. The van der Waals surface area contributed by atoms with Crippen LogP contribution in [0.15, 0.2) is 12.2 Å². The van der Waals surface area contributed by atoms with Crippen LogP contribution in [0, 0.1) is 11.3 Å². The summed E-state index contributed by atoms with van der Waals surface area (Å²) in [7, 11) is -1.08. The van der Waals surface area contributed by atoms with E-state index in [1.807, 2.05) is 0 Å². The molecule has 1 nitrogen and oxygen atoms in total. The minimum atomic E-state index is -1.08. The maximum absolute atomic E-state index is 11.8. The number of carbonyl (C=O) groups excluding carboxylic acids is 1. The summed E-state index contributed by atoms with van der Waals surface area (Å²) in [4.78, 5) is 11.8. The van der Waals surface area contributed by atoms with Gasteiger partial charge in [0.05, 0.1) is 0 Å². The summed E-state index contributed by atoms with van der Waals surface area (Å²) in [6, 6.07) is 1.25. The summed E-state index contributed by atoms with van der Waals surface area (Å²) in [5, 5.41) is 0. The number of rotatable bonds is 3. The van der Waals surface area contributed by atoms with Gasteiger partial charge in [0.2, 0.25) is 0 Å². The van der Waals surface area contributed by atoms with Gasteiger partial charge in [-0.05, 0) is 32.6 Å². The van der Waals surface area contributed by atoms with Crippen LogP contribution in [0.2, 0.25) is 25.7 Å². The number of allylic oxidation sites excluding steroid dienone is 1. The molecule has 1 aliphatic carbocycles. The van der Waals surface area contributed by atoms with E-state index in [0.29, 0.717) is 11.7 Å². The van der Waals surface area contributed by atoms with Gasteiger partial charge in [-0.1, -0.05) is 37.8 Å². The van der Waals surface area contributed by atoms with E-state index in [1.165, 1.54) is 18.0 Å². The third kappa shape index (κ3) is 2.41. The molecule has 2 heteroatoms. The standard InChI is InChI=1S/C13H24OSi/c1-10-7-8-12(9-15(4,5)6)13(10,3)11(2)14/h12H,1,7-9H2,2-6H3/t12-,13+/m0/s1. The molecule has 15 heavy (non-hydrogen) atoms. The minimum absolute atomic E-state index is 0.222. The smallest absolute Gasteiger partial charge is 0.139 e. The fraction of sp³-hybridized carbons (Fsp3) is 0.769. The maximum Gasteiger partial charge on any atom is 0.139 e. The molecule has 0 amide bonds. The lowest BCUT2D eigenvalue weighted by atomic mass is 9.75. The average molecular weight is 224 g/mol. The van der Waals surface area contributed by atoms with Crippen LogP contribution in [0.4, 0.5) is 0 Å². The number of Topliss-reactive ketones (excluding diaryl/α,β-unsaturated/α-hetero) is 1. The second-order valence-electron chi connectivity index (χ2n) is 6.36. The van der Waals surface area contributed by atoms with Gasteiger partial charge in [0, 0.05) is 13.5 Å². The average Bonchev–Trinajstić information content (AvgIpc) is 2.31. The Morgan fingerprint density at radius 2 is 2.07 bits per heavy atom. The lowest BCUT2D eigenvalue weighted by Gasteiger charge is -2.33. The molecule has 86 valence electrons. The molecule has 0 N–H and O–H groups in total. The molecule has 0 spiro atoms. The van der Waals surface area contributed by atoms with E-state index >= 15 is 0 Å². The van der Waals surface area contributed by atoms with Crippen LogP contribution < -0.4 is 0 Å². The van der Waals surface area contributed by atoms with Crippen molar-refractivity contribution in [1.82, 2.24) is 0 Å². The van der Waals surface area contributed by atoms with E-state index in [1.54, 1.807) is 6.92 Å². The Kier molecular flexibility index (Phi) is 3.29. The van der Waals surface area contributed by atoms with E-state index in [0.717, 1.165) is 6.42 Å². The van der Waals surface area contributed by atoms with Crippen LogP contribution >= 0.6 is 0 Å². The summed E-state index contributed by atoms with van der Waals surface area (Å²) in [5.41, 5.74) is 0.943. The fourth-order valence-corrected chi connectivity index (χ4v) is 4.86. The summed E-state index contributed by atoms with van der Waals surface area (Å²) in [6.45, 7) is 15.1. The molecule has 0 saturated heterocycles. The zero-order valence-corrected chi connectivity index (χ0v) is 11.8. The predicted molar refractivity (Wildman–Crippen MR) is 68.8 cm³/mol. The van der Waals surface area contributed by atoms with Crippen molar-refractivity contribution in [2.75, 3.05) is 0 Å². The number of hydrogen-bond acceptors (Lipinski definition) is 1. The molecular formula is C13H24OSi. The highest BCUT2D eigenvalue weighted by Gasteiger charge is 2.46. The molecule has 0 aromatic carbocycles. The third-order valence-corrected chi connectivity index (χ3v) is 5.65. The zero-order chi connectivity index (χ0) is 11.9. The molecular weight excluding hydrogens is 200 g/mol. The van der Waals surface area contributed by atoms with E-state index in [2.05, 4.69) is 33.1 Å². The molecule has 1 fully saturated rings. The van der Waals surface area contributed by atoms with Crippen LogP contribution in [0.3, 0.4) is 0 Å². The summed E-state index contributed by atoms with van der Waals surface area (Å²) in [5.74, 6) is 0.863. The second kappa shape index (κ2) is 3.89. The molecule has 0 aliphatic heterocycles. The van der Waals surface area contributed by atoms with Crippen molar-refractivity contribution >= 4 is 13.9 Å². The van der Waals surface area contributed by atoms with Crippen molar-refractivity contribution < 1.29 is 4.79 Å². The maximum atomic E-state index is 11.8. The van der Waals surface area contributed by atoms with Gasteiger partial charge in [-0.15, -0.1) is 0 Å². The lowest BCUT2D eigenvalue weighted by Crippen LogP contribution is -2.36. The van der Waals surface area contributed by atoms with Crippen LogP contribution in [-0.2, 0) is 4.79 Å². The van der Waals surface area contributed by atoms with Crippen LogP contribution in [-0.4, -0.2) is 13.9 Å². The molecule has 0 unspecified atom stereocenters. The van der Waals surface area contributed by atoms with Gasteiger partial charge in [0.25, 0.3) is 0 Å². The van der Waals surface area contributed by atoms with E-state index in [9.17, 15) is 4.79 Å². The topological polar surface area (TPSA) is 17.1 Å². The number of carbonyl (C=O) groups is 1. The Hall–Kier alpha value is -0.373. The van der Waals surface area contributed by atoms with Crippen molar-refractivity contribution in [1.29, 1.82) is 0 Å². The van der Waals surface area contributed by atoms with Crippen molar-refractivity contribution in [2.45, 2.75) is 52.4 Å². The number of ketones is 1. The minimum Gasteiger partial charge on any atom is -0.299 e. The fourth-order valence-electron chi connectivity index (χ4n) is 2.77. The van der Waals surface area contributed by atoms with Crippen LogP contribution in [0.1, 0.15) is 26.7 Å². The largest absolute Gasteiger partial charge is 0.299 e. The first-order chi connectivity index (χ1) is 6.68. The van der Waals surface area contributed by atoms with Gasteiger partial charge >= 0.3 is 0 Å². The summed E-state index contributed by atoms with van der Waals surface area (Å²) in [6.07, 6.45) is 2.21. The van der Waals surface area contributed by atoms with Gasteiger partial charge in [0.1, 0.15) is 5.78 Å². The molecule has 1 rings (SSSR count). The Bertz CT molecular complexity index is 287. The number of hydrogen-bond donors (Lipinski definition) is 0. The molecule has 2 atom stereocenters. The van der Waals surface area contributed by atoms with Gasteiger partial charge < -0.3 is 0 Å². The molecule has 1 saturated carbocycles. The van der Waals surface area contributed by atoms with Crippen molar-refractivity contribution in [3.05, 3.63) is 12.2 Å². The summed E-state index contributed by atoms with van der Waals surface area (Å²) < 4.78 is 0. The summed E-state index contributed by atoms with van der Waals surface area (Å²) >= 11 is 0. The third-order valence-electron chi connectivity index (χ3n) is 3.94. The van der Waals surface area contributed by atoms with Gasteiger partial charge in [-0.2, -0.15) is 0 Å². The molecule has 0 heterocycles. The lowest BCUT2D eigenvalue weighted by molar-refractivity contribution is -0.125. The van der Waals surface area contributed by atoms with Crippen molar-refractivity contribution in [3.8, 4) is 0 Å². The van der Waals surface area contributed by atoms with Gasteiger partial charge in [0.15, 0.2) is 0 Å². The highest BCUT2D eigenvalue weighted by Crippen LogP contribution is 2.50. The second-order valence-corrected chi connectivity index (χ2v) is 11.9. The van der Waals surface area contributed by atoms with Crippen LogP contribution in [0.5, 0.6) is 0 Å². The van der Waals surface area contributed by atoms with E-state index in [-0.39, 0.29) is 5.41 Å². The van der Waals surface area contributed by atoms with Crippen molar-refractivity contribution in [2.24, 2.45) is 11.3 Å². The quantitative estimate of drug-likeness (QED) is 0.525. The first kappa shape index (κ1) is 12.7. The van der Waals surface area contributed by atoms with Gasteiger partial charge in [-0.3, -0.25) is 4.79 Å². The highest BCUT2D eigenvalue weighted by atomic mass is 28.3. The monoisotopic (exact) mass is 224 g/mol. The normalized spacial score (nSPS) is 32.1. The molecule has 0 radical (unpaired) electrons. The van der Waals surface area contributed by atoms with Crippen molar-refractivity contribution in [3.63, 3.8) is 0 Å². The first-order valence-electron chi connectivity index (χ1n) is 5.87. The van der Waals surface area contributed by atoms with E-state index < -0.39 is 8.07 Å². The Morgan fingerprint density at radius 1 is 1.53 bits per heavy atom. The highest BCUT2D eigenvalue weighted by molar-refractivity contribution is 6.76. The molecule has 1 aliphatic rings. The van der Waals surface area contributed by atoms with Crippen LogP contribution in [0.25, 0.3) is 0 Å². The Balaban J connectivity index is 2.91. The first-order valence-corrected chi connectivity index (χ1v) is 9.58. The molecule has 0 aromatic heterocycles. The molecule has 0 bridgehead atoms.